The first-order chi connectivity index (χ1) is 15.4. The molecule has 0 radical (unpaired) electrons. The third kappa shape index (κ3) is 3.87. The largest absolute Gasteiger partial charge is 0.508 e. The lowest BCUT2D eigenvalue weighted by molar-refractivity contribution is 0.476. The van der Waals surface area contributed by atoms with Crippen LogP contribution in [0.1, 0.15) is 0 Å². The molecule has 33 heavy (non-hydrogen) atoms. The minimum Gasteiger partial charge on any atom is -0.508 e. The number of fused-ring (bicyclic) bond motifs is 1. The maximum absolute atomic E-state index is 13.0. The molecule has 0 bridgehead atoms. The van der Waals surface area contributed by atoms with Crippen LogP contribution in [0.4, 0.5) is 0 Å². The normalized spacial score (nSPS) is 12.2. The van der Waals surface area contributed by atoms with Gasteiger partial charge in [-0.1, -0.05) is 36.4 Å². The van der Waals surface area contributed by atoms with E-state index in [2.05, 4.69) is 0 Å². The predicted molar refractivity (Wildman–Crippen MR) is 123 cm³/mol. The smallest absolute Gasteiger partial charge is 0.239 e. The van der Waals surface area contributed by atoms with Gasteiger partial charge < -0.3 is 15.3 Å². The highest BCUT2D eigenvalue weighted by molar-refractivity contribution is 7.90. The standard InChI is InChI=1S/C22H18N2O7S2/c23-32(28,29)21-16-11-12(25)9-10-13(16)19(14-5-1-3-7-17(14)26)22(33(24,30)31)20(21)15-6-2-4-8-18(15)27/h1-11,25-27H,(H2,23,28,29)(H2,24,30,31). The molecule has 4 aromatic carbocycles. The van der Waals surface area contributed by atoms with E-state index in [4.69, 9.17) is 10.3 Å². The molecule has 7 N–H and O–H groups in total. The van der Waals surface area contributed by atoms with Gasteiger partial charge in [0.05, 0.1) is 9.79 Å². The molecule has 0 aromatic heterocycles. The van der Waals surface area contributed by atoms with Gasteiger partial charge >= 0.3 is 0 Å². The van der Waals surface area contributed by atoms with Gasteiger partial charge in [-0.2, -0.15) is 0 Å². The highest BCUT2D eigenvalue weighted by atomic mass is 32.2. The topological polar surface area (TPSA) is 181 Å². The van der Waals surface area contributed by atoms with Gasteiger partial charge in [-0.3, -0.25) is 0 Å². The highest BCUT2D eigenvalue weighted by Crippen LogP contribution is 2.49. The summed E-state index contributed by atoms with van der Waals surface area (Å²) in [7, 11) is -9.32. The molecule has 4 aromatic rings. The van der Waals surface area contributed by atoms with Crippen molar-refractivity contribution < 1.29 is 32.2 Å². The van der Waals surface area contributed by atoms with Crippen LogP contribution in [0.15, 0.2) is 76.5 Å². The summed E-state index contributed by atoms with van der Waals surface area (Å²) in [5.74, 6) is -1.05. The number of aromatic hydroxyl groups is 3. The first-order valence-electron chi connectivity index (χ1n) is 9.36. The molecule has 0 amide bonds. The fraction of sp³-hybridized carbons (Fsp3) is 0. The van der Waals surface area contributed by atoms with Crippen molar-refractivity contribution >= 4 is 30.8 Å². The molecule has 0 fully saturated rings. The minimum atomic E-state index is -4.68. The monoisotopic (exact) mass is 486 g/mol. The van der Waals surface area contributed by atoms with Crippen molar-refractivity contribution in [3.8, 4) is 39.5 Å². The molecule has 0 heterocycles. The summed E-state index contributed by atoms with van der Waals surface area (Å²) in [5.41, 5.74) is -0.729. The van der Waals surface area contributed by atoms with Crippen molar-refractivity contribution in [2.75, 3.05) is 0 Å². The van der Waals surface area contributed by atoms with Crippen molar-refractivity contribution in [3.05, 3.63) is 66.7 Å². The number of sulfonamides is 2. The van der Waals surface area contributed by atoms with E-state index in [1.54, 1.807) is 6.07 Å². The molecule has 170 valence electrons. The van der Waals surface area contributed by atoms with Crippen molar-refractivity contribution in [2.45, 2.75) is 9.79 Å². The quantitative estimate of drug-likeness (QED) is 0.294. The zero-order chi connectivity index (χ0) is 24.1. The molecule has 0 saturated carbocycles. The minimum absolute atomic E-state index is 0.0369. The van der Waals surface area contributed by atoms with E-state index in [0.717, 1.165) is 6.07 Å². The Kier molecular flexibility index (Phi) is 5.29. The van der Waals surface area contributed by atoms with Crippen LogP contribution in [-0.4, -0.2) is 32.2 Å². The number of nitrogens with two attached hydrogens (primary N) is 2. The first kappa shape index (κ1) is 22.6. The van der Waals surface area contributed by atoms with E-state index in [1.165, 1.54) is 54.6 Å². The zero-order valence-electron chi connectivity index (χ0n) is 16.8. The Balaban J connectivity index is 2.47. The number of para-hydroxylation sites is 2. The van der Waals surface area contributed by atoms with Gasteiger partial charge in [-0.25, -0.2) is 27.1 Å². The predicted octanol–water partition coefficient (Wildman–Crippen LogP) is 2.59. The van der Waals surface area contributed by atoms with E-state index in [1.807, 2.05) is 0 Å². The first-order valence-corrected chi connectivity index (χ1v) is 12.5. The highest BCUT2D eigenvalue weighted by Gasteiger charge is 2.33. The van der Waals surface area contributed by atoms with Gasteiger partial charge in [0.25, 0.3) is 0 Å². The molecular weight excluding hydrogens is 468 g/mol. The maximum Gasteiger partial charge on any atom is 0.239 e. The van der Waals surface area contributed by atoms with Crippen molar-refractivity contribution in [2.24, 2.45) is 10.3 Å². The van der Waals surface area contributed by atoms with Gasteiger partial charge in [0.1, 0.15) is 17.2 Å². The summed E-state index contributed by atoms with van der Waals surface area (Å²) in [6.07, 6.45) is 0. The lowest BCUT2D eigenvalue weighted by atomic mass is 9.91. The van der Waals surface area contributed by atoms with Gasteiger partial charge in [0.15, 0.2) is 0 Å². The molecule has 0 spiro atoms. The third-order valence-electron chi connectivity index (χ3n) is 5.11. The van der Waals surface area contributed by atoms with Crippen LogP contribution in [0.5, 0.6) is 17.2 Å². The Bertz CT molecular complexity index is 1650. The van der Waals surface area contributed by atoms with E-state index in [9.17, 15) is 32.2 Å². The molecule has 0 atom stereocenters. The number of phenols is 3. The van der Waals surface area contributed by atoms with E-state index >= 15 is 0 Å². The Morgan fingerprint density at radius 2 is 1.06 bits per heavy atom. The number of rotatable bonds is 4. The summed E-state index contributed by atoms with van der Waals surface area (Å²) < 4.78 is 51.5. The number of primary sulfonamides is 2. The van der Waals surface area contributed by atoms with Crippen LogP contribution in [0.3, 0.4) is 0 Å². The molecule has 11 heteroatoms. The molecule has 0 aliphatic carbocycles. The maximum atomic E-state index is 13.0. The average molecular weight is 487 g/mol. The summed E-state index contributed by atoms with van der Waals surface area (Å²) >= 11 is 0. The second-order valence-corrected chi connectivity index (χ2v) is 10.3. The van der Waals surface area contributed by atoms with Crippen LogP contribution in [0, 0.1) is 0 Å². The lowest BCUT2D eigenvalue weighted by Crippen LogP contribution is -2.20. The van der Waals surface area contributed by atoms with Crippen molar-refractivity contribution in [3.63, 3.8) is 0 Å². The fourth-order valence-electron chi connectivity index (χ4n) is 3.89. The Hall–Kier alpha value is -3.64. The zero-order valence-corrected chi connectivity index (χ0v) is 18.4. The van der Waals surface area contributed by atoms with E-state index in [-0.39, 0.29) is 39.0 Å². The molecular formula is C22H18N2O7S2. The summed E-state index contributed by atoms with van der Waals surface area (Å²) in [6.45, 7) is 0. The molecule has 9 nitrogen and oxygen atoms in total. The molecule has 0 aliphatic rings. The van der Waals surface area contributed by atoms with Gasteiger partial charge in [0.2, 0.25) is 20.0 Å². The van der Waals surface area contributed by atoms with E-state index < -0.39 is 41.2 Å². The van der Waals surface area contributed by atoms with Crippen molar-refractivity contribution in [1.82, 2.24) is 0 Å². The second kappa shape index (κ2) is 7.74. The summed E-state index contributed by atoms with van der Waals surface area (Å²) in [4.78, 5) is -1.31. The Morgan fingerprint density at radius 1 is 0.576 bits per heavy atom. The number of hydrogen-bond acceptors (Lipinski definition) is 7. The fourth-order valence-corrected chi connectivity index (χ4v) is 5.92. The van der Waals surface area contributed by atoms with Crippen molar-refractivity contribution in [1.29, 1.82) is 0 Å². The number of benzene rings is 4. The molecule has 4 rings (SSSR count). The summed E-state index contributed by atoms with van der Waals surface area (Å²) in [6, 6.07) is 14.9. The number of phenolic OH excluding ortho intramolecular Hbond substituents is 3. The second-order valence-electron chi connectivity index (χ2n) is 7.26. The lowest BCUT2D eigenvalue weighted by Gasteiger charge is -2.22. The van der Waals surface area contributed by atoms with Gasteiger partial charge in [-0.05, 0) is 35.7 Å². The van der Waals surface area contributed by atoms with Crippen LogP contribution in [0.25, 0.3) is 33.0 Å². The van der Waals surface area contributed by atoms with Crippen LogP contribution >= 0.6 is 0 Å². The van der Waals surface area contributed by atoms with Crippen LogP contribution < -0.4 is 10.3 Å². The third-order valence-corrected chi connectivity index (χ3v) is 7.08. The summed E-state index contributed by atoms with van der Waals surface area (Å²) in [5, 5.41) is 42.2. The molecule has 0 aliphatic heterocycles. The average Bonchev–Trinajstić information content (AvgIpc) is 2.71. The number of hydrogen-bond donors (Lipinski definition) is 5. The van der Waals surface area contributed by atoms with E-state index in [0.29, 0.717) is 0 Å². The Morgan fingerprint density at radius 3 is 1.55 bits per heavy atom. The van der Waals surface area contributed by atoms with Crippen LogP contribution in [0.2, 0.25) is 0 Å². The van der Waals surface area contributed by atoms with Crippen LogP contribution in [-0.2, 0) is 20.0 Å². The van der Waals surface area contributed by atoms with Gasteiger partial charge in [0, 0.05) is 27.6 Å². The SMILES string of the molecule is NS(=O)(=O)c1c(-c2ccccc2O)c(S(N)(=O)=O)c2cc(O)ccc2c1-c1ccccc1O. The van der Waals surface area contributed by atoms with Gasteiger partial charge in [-0.15, -0.1) is 0 Å². The molecule has 0 unspecified atom stereocenters. The molecule has 0 saturated heterocycles. The Labute approximate surface area is 189 Å².